The average molecular weight is 138 g/mol. The van der Waals surface area contributed by atoms with Gasteiger partial charge in [-0.15, -0.1) is 0 Å². The zero-order valence-electron chi connectivity index (χ0n) is 5.05. The Morgan fingerprint density at radius 3 is 2.50 bits per heavy atom. The Morgan fingerprint density at radius 2 is 2.12 bits per heavy atom. The summed E-state index contributed by atoms with van der Waals surface area (Å²) in [5, 5.41) is 0. The van der Waals surface area contributed by atoms with Crippen LogP contribution < -0.4 is 0 Å². The normalized spacial score (nSPS) is 13.8. The summed E-state index contributed by atoms with van der Waals surface area (Å²) in [5.74, 6) is 0.451. The average Bonchev–Trinajstić information content (AvgIpc) is 1.83. The first-order valence-corrected chi connectivity index (χ1v) is 3.47. The van der Waals surface area contributed by atoms with Crippen LogP contribution in [-0.4, -0.2) is 30.8 Å². The second-order valence-corrected chi connectivity index (χ2v) is 2.52. The van der Waals surface area contributed by atoms with Crippen molar-refractivity contribution in [1.29, 1.82) is 0 Å². The lowest BCUT2D eigenvalue weighted by atomic mass is 10.9. The molecule has 0 radical (unpaired) electrons. The summed E-state index contributed by atoms with van der Waals surface area (Å²) >= 11 is -1.15. The van der Waals surface area contributed by atoms with Gasteiger partial charge >= 0.3 is 0 Å². The molecule has 0 aliphatic carbocycles. The van der Waals surface area contributed by atoms with E-state index in [9.17, 15) is 4.21 Å². The fraction of sp³-hybridized carbons (Fsp3) is 1.00. The van der Waals surface area contributed by atoms with Crippen LogP contribution in [0.1, 0.15) is 0 Å². The molecule has 0 fully saturated rings. The van der Waals surface area contributed by atoms with E-state index in [2.05, 4.69) is 8.92 Å². The fourth-order valence-electron chi connectivity index (χ4n) is 0.235. The van der Waals surface area contributed by atoms with Gasteiger partial charge in [-0.05, 0) is 0 Å². The molecule has 0 rings (SSSR count). The highest BCUT2D eigenvalue weighted by Crippen LogP contribution is 1.80. The van der Waals surface area contributed by atoms with E-state index < -0.39 is 11.1 Å². The molecular formula is C4H10O3S. The van der Waals surface area contributed by atoms with E-state index in [1.165, 1.54) is 7.11 Å². The minimum atomic E-state index is -1.15. The first kappa shape index (κ1) is 8.07. The molecule has 50 valence electrons. The van der Waals surface area contributed by atoms with Gasteiger partial charge in [0, 0.05) is 7.11 Å². The quantitative estimate of drug-likeness (QED) is 0.546. The van der Waals surface area contributed by atoms with Gasteiger partial charge in [0.2, 0.25) is 0 Å². The van der Waals surface area contributed by atoms with Crippen LogP contribution in [-0.2, 0) is 20.0 Å². The van der Waals surface area contributed by atoms with E-state index in [1.807, 2.05) is 0 Å². The van der Waals surface area contributed by atoms with Crippen molar-refractivity contribution in [3.8, 4) is 0 Å². The molecule has 0 aliphatic heterocycles. The maximum Gasteiger partial charge on any atom is 0.157 e. The zero-order valence-corrected chi connectivity index (χ0v) is 5.86. The minimum absolute atomic E-state index is 0.451. The highest BCUT2D eigenvalue weighted by Gasteiger charge is 1.92. The first-order valence-electron chi connectivity index (χ1n) is 2.23. The first-order chi connectivity index (χ1) is 3.81. The van der Waals surface area contributed by atoms with Crippen LogP contribution in [0, 0.1) is 0 Å². The molecule has 0 bridgehead atoms. The molecule has 0 saturated carbocycles. The highest BCUT2D eigenvalue weighted by atomic mass is 32.2. The van der Waals surface area contributed by atoms with Crippen molar-refractivity contribution >= 4 is 11.1 Å². The standard InChI is InChI=1S/C4H10O3S/c1-6-3-4-8(5)7-2/h3-4H2,1-2H3. The van der Waals surface area contributed by atoms with Gasteiger partial charge in [0.15, 0.2) is 11.1 Å². The molecule has 1 atom stereocenters. The van der Waals surface area contributed by atoms with Crippen molar-refractivity contribution in [3.63, 3.8) is 0 Å². The van der Waals surface area contributed by atoms with Crippen molar-refractivity contribution in [2.45, 2.75) is 0 Å². The Balaban J connectivity index is 2.99. The Kier molecular flexibility index (Phi) is 5.26. The molecule has 0 aromatic rings. The van der Waals surface area contributed by atoms with Crippen molar-refractivity contribution in [3.05, 3.63) is 0 Å². The summed E-state index contributed by atoms with van der Waals surface area (Å²) in [6, 6.07) is 0. The Bertz CT molecular complexity index is 73.7. The molecule has 0 spiro atoms. The van der Waals surface area contributed by atoms with Gasteiger partial charge in [0.25, 0.3) is 0 Å². The van der Waals surface area contributed by atoms with Gasteiger partial charge in [0.05, 0.1) is 19.5 Å². The fourth-order valence-corrected chi connectivity index (χ4v) is 0.704. The maximum atomic E-state index is 10.4. The molecule has 0 amide bonds. The van der Waals surface area contributed by atoms with Crippen molar-refractivity contribution < 1.29 is 13.1 Å². The van der Waals surface area contributed by atoms with Gasteiger partial charge in [-0.25, -0.2) is 4.21 Å². The van der Waals surface area contributed by atoms with Gasteiger partial charge in [0.1, 0.15) is 0 Å². The molecule has 0 aromatic heterocycles. The third-order valence-electron chi connectivity index (χ3n) is 0.640. The number of methoxy groups -OCH3 is 1. The topological polar surface area (TPSA) is 35.5 Å². The van der Waals surface area contributed by atoms with E-state index >= 15 is 0 Å². The van der Waals surface area contributed by atoms with Gasteiger partial charge < -0.3 is 4.74 Å². The van der Waals surface area contributed by atoms with Crippen LogP contribution in [0.4, 0.5) is 0 Å². The Morgan fingerprint density at radius 1 is 1.50 bits per heavy atom. The third kappa shape index (κ3) is 4.23. The molecule has 0 N–H and O–H groups in total. The molecule has 1 unspecified atom stereocenters. The van der Waals surface area contributed by atoms with E-state index in [0.717, 1.165) is 0 Å². The largest absolute Gasteiger partial charge is 0.384 e. The third-order valence-corrected chi connectivity index (χ3v) is 1.51. The van der Waals surface area contributed by atoms with Crippen LogP contribution in [0.5, 0.6) is 0 Å². The smallest absolute Gasteiger partial charge is 0.157 e. The summed E-state index contributed by atoms with van der Waals surface area (Å²) in [5.41, 5.74) is 0. The lowest BCUT2D eigenvalue weighted by Crippen LogP contribution is -2.04. The Labute approximate surface area is 51.6 Å². The highest BCUT2D eigenvalue weighted by molar-refractivity contribution is 7.80. The monoisotopic (exact) mass is 138 g/mol. The number of ether oxygens (including phenoxy) is 1. The van der Waals surface area contributed by atoms with Crippen LogP contribution in [0.2, 0.25) is 0 Å². The van der Waals surface area contributed by atoms with Crippen LogP contribution in [0.25, 0.3) is 0 Å². The molecule has 0 aliphatic rings. The summed E-state index contributed by atoms with van der Waals surface area (Å²) in [7, 11) is 2.97. The number of rotatable bonds is 4. The van der Waals surface area contributed by atoms with E-state index in [1.54, 1.807) is 7.11 Å². The predicted molar refractivity (Wildman–Crippen MR) is 31.9 cm³/mol. The maximum absolute atomic E-state index is 10.4. The number of hydrogen-bond acceptors (Lipinski definition) is 3. The predicted octanol–water partition coefficient (Wildman–Crippen LogP) is -0.0571. The van der Waals surface area contributed by atoms with Crippen molar-refractivity contribution in [2.75, 3.05) is 26.6 Å². The minimum Gasteiger partial charge on any atom is -0.384 e. The molecule has 3 nitrogen and oxygen atoms in total. The lowest BCUT2D eigenvalue weighted by molar-refractivity contribution is 0.216. The summed E-state index contributed by atoms with van der Waals surface area (Å²) in [6.07, 6.45) is 0. The molecule has 8 heavy (non-hydrogen) atoms. The van der Waals surface area contributed by atoms with Crippen LogP contribution in [0.3, 0.4) is 0 Å². The number of hydrogen-bond donors (Lipinski definition) is 0. The SMILES string of the molecule is COCCS(=O)OC. The second kappa shape index (κ2) is 5.21. The van der Waals surface area contributed by atoms with E-state index in [4.69, 9.17) is 0 Å². The van der Waals surface area contributed by atoms with Gasteiger partial charge in [-0.2, -0.15) is 0 Å². The molecule has 0 saturated heterocycles. The zero-order chi connectivity index (χ0) is 6.41. The van der Waals surface area contributed by atoms with Crippen molar-refractivity contribution in [1.82, 2.24) is 0 Å². The molecular weight excluding hydrogens is 128 g/mol. The van der Waals surface area contributed by atoms with Gasteiger partial charge in [-0.1, -0.05) is 0 Å². The van der Waals surface area contributed by atoms with Crippen LogP contribution >= 0.6 is 0 Å². The molecule has 0 heterocycles. The van der Waals surface area contributed by atoms with Gasteiger partial charge in [-0.3, -0.25) is 4.18 Å². The summed E-state index contributed by atoms with van der Waals surface area (Å²) in [6.45, 7) is 0.487. The molecule has 4 heteroatoms. The summed E-state index contributed by atoms with van der Waals surface area (Å²) < 4.78 is 19.5. The second-order valence-electron chi connectivity index (χ2n) is 1.17. The van der Waals surface area contributed by atoms with Crippen molar-refractivity contribution in [2.24, 2.45) is 0 Å². The Hall–Kier alpha value is 0.0700. The van der Waals surface area contributed by atoms with E-state index in [-0.39, 0.29) is 0 Å². The summed E-state index contributed by atoms with van der Waals surface area (Å²) in [4.78, 5) is 0. The van der Waals surface area contributed by atoms with Crippen LogP contribution in [0.15, 0.2) is 0 Å². The lowest BCUT2D eigenvalue weighted by Gasteiger charge is -1.94. The van der Waals surface area contributed by atoms with E-state index in [0.29, 0.717) is 12.4 Å². The molecule has 0 aromatic carbocycles.